The van der Waals surface area contributed by atoms with E-state index in [4.69, 9.17) is 16.3 Å². The van der Waals surface area contributed by atoms with Gasteiger partial charge in [0.1, 0.15) is 11.8 Å². The van der Waals surface area contributed by atoms with Crippen molar-refractivity contribution < 1.29 is 14.3 Å². The van der Waals surface area contributed by atoms with E-state index < -0.39 is 6.04 Å². The number of benzene rings is 2. The minimum atomic E-state index is -0.554. The van der Waals surface area contributed by atoms with Crippen LogP contribution in [-0.2, 0) is 16.1 Å². The predicted octanol–water partition coefficient (Wildman–Crippen LogP) is 5.20. The van der Waals surface area contributed by atoms with Crippen LogP contribution in [0.4, 0.5) is 0 Å². The average molecular weight is 457 g/mol. The zero-order chi connectivity index (χ0) is 23.1. The van der Waals surface area contributed by atoms with Gasteiger partial charge in [0.15, 0.2) is 6.61 Å². The number of aryl methyl sites for hydroxylation is 2. The van der Waals surface area contributed by atoms with Gasteiger partial charge in [-0.05, 0) is 74.1 Å². The highest BCUT2D eigenvalue weighted by Crippen LogP contribution is 2.21. The molecule has 172 valence electrons. The highest BCUT2D eigenvalue weighted by Gasteiger charge is 2.30. The molecule has 2 aromatic carbocycles. The first-order valence-electron chi connectivity index (χ1n) is 11.4. The van der Waals surface area contributed by atoms with Gasteiger partial charge in [0.2, 0.25) is 5.91 Å². The minimum absolute atomic E-state index is 0.0899. The molecular formula is C26H33ClN2O3. The summed E-state index contributed by atoms with van der Waals surface area (Å²) >= 11 is 6.02. The van der Waals surface area contributed by atoms with Crippen molar-refractivity contribution in [2.24, 2.45) is 0 Å². The van der Waals surface area contributed by atoms with Crippen LogP contribution >= 0.6 is 11.6 Å². The quantitative estimate of drug-likeness (QED) is 0.564. The highest BCUT2D eigenvalue weighted by atomic mass is 35.5. The van der Waals surface area contributed by atoms with Gasteiger partial charge >= 0.3 is 0 Å². The lowest BCUT2D eigenvalue weighted by Crippen LogP contribution is -2.52. The zero-order valence-electron chi connectivity index (χ0n) is 19.2. The van der Waals surface area contributed by atoms with Crippen LogP contribution < -0.4 is 10.1 Å². The van der Waals surface area contributed by atoms with Crippen molar-refractivity contribution in [3.63, 3.8) is 0 Å². The summed E-state index contributed by atoms with van der Waals surface area (Å²) < 4.78 is 5.81. The SMILES string of the molecule is CCC(C(=O)NC1CCCC1)N(Cc1ccc(Cl)cc1)C(=O)COc1ccc(C)c(C)c1. The maximum Gasteiger partial charge on any atom is 0.261 e. The van der Waals surface area contributed by atoms with Gasteiger partial charge in [-0.2, -0.15) is 0 Å². The number of carbonyl (C=O) groups excluding carboxylic acids is 2. The lowest BCUT2D eigenvalue weighted by atomic mass is 10.1. The molecule has 1 aliphatic carbocycles. The predicted molar refractivity (Wildman–Crippen MR) is 128 cm³/mol. The average Bonchev–Trinajstić information content (AvgIpc) is 3.28. The summed E-state index contributed by atoms with van der Waals surface area (Å²) in [6.07, 6.45) is 4.81. The molecule has 3 rings (SSSR count). The van der Waals surface area contributed by atoms with Gasteiger partial charge in [-0.25, -0.2) is 0 Å². The number of hydrogen-bond donors (Lipinski definition) is 1. The van der Waals surface area contributed by atoms with E-state index in [1.165, 1.54) is 5.56 Å². The molecule has 0 heterocycles. The topological polar surface area (TPSA) is 58.6 Å². The Morgan fingerprint density at radius 1 is 1.09 bits per heavy atom. The third-order valence-corrected chi connectivity index (χ3v) is 6.45. The van der Waals surface area contributed by atoms with Crippen LogP contribution in [0.2, 0.25) is 5.02 Å². The van der Waals surface area contributed by atoms with Crippen LogP contribution in [0.15, 0.2) is 42.5 Å². The standard InChI is InChI=1S/C26H33ClN2O3/c1-4-24(26(31)28-22-7-5-6-8-22)29(16-20-10-12-21(27)13-11-20)25(30)17-32-23-14-9-18(2)19(3)15-23/h9-15,22,24H,4-8,16-17H2,1-3H3,(H,28,31). The molecule has 1 atom stereocenters. The molecule has 2 amide bonds. The smallest absolute Gasteiger partial charge is 0.261 e. The molecule has 1 unspecified atom stereocenters. The summed E-state index contributed by atoms with van der Waals surface area (Å²) in [5.41, 5.74) is 3.19. The summed E-state index contributed by atoms with van der Waals surface area (Å²) in [6, 6.07) is 12.8. The van der Waals surface area contributed by atoms with Gasteiger partial charge in [0.25, 0.3) is 5.91 Å². The Kier molecular flexibility index (Phi) is 8.57. The van der Waals surface area contributed by atoms with Crippen LogP contribution in [0.1, 0.15) is 55.7 Å². The van der Waals surface area contributed by atoms with E-state index in [2.05, 4.69) is 5.32 Å². The summed E-state index contributed by atoms with van der Waals surface area (Å²) in [5, 5.41) is 3.79. The molecule has 1 N–H and O–H groups in total. The fraction of sp³-hybridized carbons (Fsp3) is 0.462. The van der Waals surface area contributed by atoms with Gasteiger partial charge in [0.05, 0.1) is 0 Å². The van der Waals surface area contributed by atoms with Gasteiger partial charge in [-0.3, -0.25) is 9.59 Å². The molecule has 1 fully saturated rings. The maximum absolute atomic E-state index is 13.3. The van der Waals surface area contributed by atoms with Crippen molar-refractivity contribution in [3.8, 4) is 5.75 Å². The number of nitrogens with zero attached hydrogens (tertiary/aromatic N) is 1. The monoisotopic (exact) mass is 456 g/mol. The largest absolute Gasteiger partial charge is 0.484 e. The third kappa shape index (κ3) is 6.49. The Balaban J connectivity index is 1.75. The summed E-state index contributed by atoms with van der Waals surface area (Å²) in [6.45, 7) is 6.18. The zero-order valence-corrected chi connectivity index (χ0v) is 20.0. The Hall–Kier alpha value is -2.53. The fourth-order valence-electron chi connectivity index (χ4n) is 4.11. The van der Waals surface area contributed by atoms with Gasteiger partial charge < -0.3 is 15.0 Å². The van der Waals surface area contributed by atoms with E-state index in [9.17, 15) is 9.59 Å². The molecule has 0 spiro atoms. The second kappa shape index (κ2) is 11.4. The number of hydrogen-bond acceptors (Lipinski definition) is 3. The van der Waals surface area contributed by atoms with E-state index in [1.54, 1.807) is 17.0 Å². The molecule has 1 aliphatic rings. The first kappa shape index (κ1) is 24.1. The number of nitrogens with one attached hydrogen (secondary N) is 1. The third-order valence-electron chi connectivity index (χ3n) is 6.19. The molecule has 0 saturated heterocycles. The Morgan fingerprint density at radius 3 is 2.41 bits per heavy atom. The number of halogens is 1. The molecule has 5 nitrogen and oxygen atoms in total. The molecule has 0 radical (unpaired) electrons. The second-order valence-corrected chi connectivity index (χ2v) is 9.03. The van der Waals surface area contributed by atoms with Crippen molar-refractivity contribution in [1.82, 2.24) is 10.2 Å². The summed E-state index contributed by atoms with van der Waals surface area (Å²) in [7, 11) is 0. The lowest BCUT2D eigenvalue weighted by molar-refractivity contribution is -0.143. The molecule has 32 heavy (non-hydrogen) atoms. The van der Waals surface area contributed by atoms with Gasteiger partial charge in [-0.15, -0.1) is 0 Å². The number of ether oxygens (including phenoxy) is 1. The number of rotatable bonds is 9. The summed E-state index contributed by atoms with van der Waals surface area (Å²) in [5.74, 6) is 0.343. The van der Waals surface area contributed by atoms with E-state index >= 15 is 0 Å². The highest BCUT2D eigenvalue weighted by molar-refractivity contribution is 6.30. The molecule has 1 saturated carbocycles. The first-order valence-corrected chi connectivity index (χ1v) is 11.8. The van der Waals surface area contributed by atoms with Crippen molar-refractivity contribution in [2.45, 2.75) is 71.5 Å². The number of amides is 2. The van der Waals surface area contributed by atoms with E-state index in [0.717, 1.165) is 36.8 Å². The Bertz CT molecular complexity index is 923. The van der Waals surface area contributed by atoms with E-state index in [-0.39, 0.29) is 24.5 Å². The first-order chi connectivity index (χ1) is 15.4. The van der Waals surface area contributed by atoms with E-state index in [1.807, 2.05) is 51.1 Å². The normalized spacial score (nSPS) is 14.8. The van der Waals surface area contributed by atoms with Crippen LogP contribution in [-0.4, -0.2) is 35.4 Å². The van der Waals surface area contributed by atoms with Crippen LogP contribution in [0.5, 0.6) is 5.75 Å². The molecule has 0 bridgehead atoms. The summed E-state index contributed by atoms with van der Waals surface area (Å²) in [4.78, 5) is 28.0. The van der Waals surface area contributed by atoms with Crippen LogP contribution in [0.3, 0.4) is 0 Å². The van der Waals surface area contributed by atoms with Crippen molar-refractivity contribution >= 4 is 23.4 Å². The Labute approximate surface area is 196 Å². The molecule has 6 heteroatoms. The fourth-order valence-corrected chi connectivity index (χ4v) is 4.23. The van der Waals surface area contributed by atoms with Gasteiger partial charge in [-0.1, -0.05) is 49.6 Å². The maximum atomic E-state index is 13.3. The second-order valence-electron chi connectivity index (χ2n) is 8.60. The minimum Gasteiger partial charge on any atom is -0.484 e. The van der Waals surface area contributed by atoms with Crippen LogP contribution in [0.25, 0.3) is 0 Å². The van der Waals surface area contributed by atoms with Crippen molar-refractivity contribution in [3.05, 3.63) is 64.2 Å². The van der Waals surface area contributed by atoms with E-state index in [0.29, 0.717) is 23.7 Å². The lowest BCUT2D eigenvalue weighted by Gasteiger charge is -2.31. The molecule has 0 aromatic heterocycles. The Morgan fingerprint density at radius 2 is 1.78 bits per heavy atom. The van der Waals surface area contributed by atoms with Crippen LogP contribution in [0, 0.1) is 13.8 Å². The number of carbonyl (C=O) groups is 2. The van der Waals surface area contributed by atoms with Gasteiger partial charge in [0, 0.05) is 17.6 Å². The molecule has 0 aliphatic heterocycles. The van der Waals surface area contributed by atoms with Crippen molar-refractivity contribution in [2.75, 3.05) is 6.61 Å². The molecular weight excluding hydrogens is 424 g/mol. The molecule has 2 aromatic rings. The van der Waals surface area contributed by atoms with Crippen molar-refractivity contribution in [1.29, 1.82) is 0 Å².